The first kappa shape index (κ1) is 24.4. The van der Waals surface area contributed by atoms with Gasteiger partial charge in [0.25, 0.3) is 0 Å². The first-order chi connectivity index (χ1) is 16.6. The highest BCUT2D eigenvalue weighted by Gasteiger charge is 2.26. The van der Waals surface area contributed by atoms with Crippen LogP contribution in [-0.2, 0) is 22.7 Å². The highest BCUT2D eigenvalue weighted by Crippen LogP contribution is 2.21. The lowest BCUT2D eigenvalue weighted by Crippen LogP contribution is -2.39. The van der Waals surface area contributed by atoms with Crippen LogP contribution in [-0.4, -0.2) is 47.6 Å². The van der Waals surface area contributed by atoms with Gasteiger partial charge in [0.1, 0.15) is 11.9 Å². The number of hydrogen-bond acceptors (Lipinski definition) is 5. The van der Waals surface area contributed by atoms with Gasteiger partial charge in [-0.1, -0.05) is 77.4 Å². The molecule has 34 heavy (non-hydrogen) atoms. The second-order valence-corrected chi connectivity index (χ2v) is 8.85. The smallest absolute Gasteiger partial charge is 0.145 e. The van der Waals surface area contributed by atoms with Crippen LogP contribution in [0.2, 0.25) is 5.02 Å². The Bertz CT molecular complexity index is 1080. The monoisotopic (exact) mass is 482 g/mol. The molecule has 2 unspecified atom stereocenters. The van der Waals surface area contributed by atoms with Gasteiger partial charge in [0.2, 0.25) is 0 Å². The van der Waals surface area contributed by atoms with Crippen LogP contribution in [0, 0.1) is 5.82 Å². The summed E-state index contributed by atoms with van der Waals surface area (Å²) >= 11 is 5.98. The number of benzene rings is 3. The second kappa shape index (κ2) is 12.1. The molecule has 1 aliphatic rings. The minimum Gasteiger partial charge on any atom is -0.390 e. The molecule has 0 amide bonds. The quantitative estimate of drug-likeness (QED) is 0.415. The number of ether oxygens (including phenoxy) is 1. The number of rotatable bonds is 11. The molecule has 0 spiro atoms. The maximum atomic E-state index is 14.3. The highest BCUT2D eigenvalue weighted by atomic mass is 35.5. The molecule has 4 rings (SSSR count). The van der Waals surface area contributed by atoms with Crippen molar-refractivity contribution in [3.05, 3.63) is 106 Å². The van der Waals surface area contributed by atoms with Gasteiger partial charge in [0.15, 0.2) is 0 Å². The summed E-state index contributed by atoms with van der Waals surface area (Å²) in [7, 11) is 0. The van der Waals surface area contributed by atoms with Crippen molar-refractivity contribution in [1.82, 2.24) is 4.90 Å². The van der Waals surface area contributed by atoms with Gasteiger partial charge in [-0.2, -0.15) is 0 Å². The van der Waals surface area contributed by atoms with Crippen molar-refractivity contribution in [3.63, 3.8) is 0 Å². The molecule has 0 radical (unpaired) electrons. The molecule has 0 bridgehead atoms. The molecule has 0 aromatic heterocycles. The van der Waals surface area contributed by atoms with Gasteiger partial charge in [-0.25, -0.2) is 4.39 Å². The Kier molecular flexibility index (Phi) is 8.66. The van der Waals surface area contributed by atoms with Crippen LogP contribution in [0.15, 0.2) is 84.0 Å². The highest BCUT2D eigenvalue weighted by molar-refractivity contribution is 6.30. The minimum absolute atomic E-state index is 0.181. The molecular formula is C27H28ClFN2O3. The number of hydrogen-bond donors (Lipinski definition) is 1. The Morgan fingerprint density at radius 1 is 1.06 bits per heavy atom. The zero-order chi connectivity index (χ0) is 23.8. The van der Waals surface area contributed by atoms with E-state index >= 15 is 0 Å². The lowest BCUT2D eigenvalue weighted by Gasteiger charge is -2.27. The van der Waals surface area contributed by atoms with E-state index in [4.69, 9.17) is 21.2 Å². The van der Waals surface area contributed by atoms with Gasteiger partial charge >= 0.3 is 0 Å². The van der Waals surface area contributed by atoms with Gasteiger partial charge in [-0.15, -0.1) is 0 Å². The molecule has 0 fully saturated rings. The zero-order valence-electron chi connectivity index (χ0n) is 18.8. The van der Waals surface area contributed by atoms with E-state index in [2.05, 4.69) is 5.16 Å². The standard InChI is InChI=1S/C27H28ClFN2O3/c28-23-12-10-21(11-13-23)27-14-25(34-30-27)17-31(15-22-8-4-5-9-26(22)29)16-24(32)19-33-18-20-6-2-1-3-7-20/h1-13,24-25,32H,14-19H2. The fraction of sp³-hybridized carbons (Fsp3) is 0.296. The lowest BCUT2D eigenvalue weighted by atomic mass is 10.0. The Labute approximate surface area is 204 Å². The molecule has 7 heteroatoms. The fourth-order valence-electron chi connectivity index (χ4n) is 3.94. The number of nitrogens with zero attached hydrogens (tertiary/aromatic N) is 2. The third-order valence-electron chi connectivity index (χ3n) is 5.61. The van der Waals surface area contributed by atoms with Gasteiger partial charge < -0.3 is 14.7 Å². The van der Waals surface area contributed by atoms with Crippen molar-refractivity contribution in [2.45, 2.75) is 31.8 Å². The molecule has 0 saturated heterocycles. The Morgan fingerprint density at radius 3 is 2.56 bits per heavy atom. The molecule has 1 heterocycles. The third-order valence-corrected chi connectivity index (χ3v) is 5.87. The Morgan fingerprint density at radius 2 is 1.79 bits per heavy atom. The van der Waals surface area contributed by atoms with Crippen LogP contribution in [0.4, 0.5) is 4.39 Å². The maximum Gasteiger partial charge on any atom is 0.145 e. The average molecular weight is 483 g/mol. The van der Waals surface area contributed by atoms with E-state index < -0.39 is 6.10 Å². The first-order valence-corrected chi connectivity index (χ1v) is 11.7. The van der Waals surface area contributed by atoms with Crippen LogP contribution in [0.5, 0.6) is 0 Å². The summed E-state index contributed by atoms with van der Waals surface area (Å²) in [4.78, 5) is 7.66. The third kappa shape index (κ3) is 7.11. The molecule has 2 atom stereocenters. The van der Waals surface area contributed by atoms with Crippen LogP contribution in [0.25, 0.3) is 0 Å². The van der Waals surface area contributed by atoms with Crippen molar-refractivity contribution < 1.29 is 19.1 Å². The van der Waals surface area contributed by atoms with E-state index in [0.29, 0.717) is 43.2 Å². The number of halogens is 2. The molecule has 0 aliphatic carbocycles. The number of aliphatic hydroxyl groups excluding tert-OH is 1. The SMILES string of the molecule is OC(COCc1ccccc1)CN(Cc1ccccc1F)CC1CC(c2ccc(Cl)cc2)=NO1. The minimum atomic E-state index is -0.728. The largest absolute Gasteiger partial charge is 0.390 e. The predicted octanol–water partition coefficient (Wildman–Crippen LogP) is 5.05. The van der Waals surface area contributed by atoms with Gasteiger partial charge in [-0.3, -0.25) is 4.90 Å². The average Bonchev–Trinajstić information content (AvgIpc) is 3.30. The van der Waals surface area contributed by atoms with Crippen molar-refractivity contribution in [2.24, 2.45) is 5.16 Å². The van der Waals surface area contributed by atoms with Crippen molar-refractivity contribution >= 4 is 17.3 Å². The maximum absolute atomic E-state index is 14.3. The van der Waals surface area contributed by atoms with E-state index in [1.807, 2.05) is 65.6 Å². The van der Waals surface area contributed by atoms with Crippen molar-refractivity contribution in [3.8, 4) is 0 Å². The fourth-order valence-corrected chi connectivity index (χ4v) is 4.06. The van der Waals surface area contributed by atoms with E-state index in [-0.39, 0.29) is 18.5 Å². The van der Waals surface area contributed by atoms with E-state index in [0.717, 1.165) is 16.8 Å². The summed E-state index contributed by atoms with van der Waals surface area (Å²) in [5.41, 5.74) is 3.42. The summed E-state index contributed by atoms with van der Waals surface area (Å²) < 4.78 is 20.0. The van der Waals surface area contributed by atoms with Gasteiger partial charge in [0.05, 0.1) is 25.0 Å². The Balaban J connectivity index is 1.35. The Hall–Kier alpha value is -2.77. The molecule has 178 valence electrons. The molecule has 0 saturated carbocycles. The summed E-state index contributed by atoms with van der Waals surface area (Å²) in [6.45, 7) is 1.76. The lowest BCUT2D eigenvalue weighted by molar-refractivity contribution is -0.00670. The summed E-state index contributed by atoms with van der Waals surface area (Å²) in [5.74, 6) is -0.271. The topological polar surface area (TPSA) is 54.3 Å². The van der Waals surface area contributed by atoms with Crippen LogP contribution < -0.4 is 0 Å². The van der Waals surface area contributed by atoms with E-state index in [1.54, 1.807) is 12.1 Å². The van der Waals surface area contributed by atoms with Crippen molar-refractivity contribution in [2.75, 3.05) is 19.7 Å². The molecule has 1 N–H and O–H groups in total. The van der Waals surface area contributed by atoms with E-state index in [1.165, 1.54) is 6.07 Å². The van der Waals surface area contributed by atoms with Crippen LogP contribution in [0.1, 0.15) is 23.1 Å². The number of aliphatic hydroxyl groups is 1. The van der Waals surface area contributed by atoms with Gasteiger partial charge in [-0.05, 0) is 29.3 Å². The summed E-state index contributed by atoms with van der Waals surface area (Å²) in [5, 5.41) is 15.5. The van der Waals surface area contributed by atoms with E-state index in [9.17, 15) is 9.50 Å². The molecule has 3 aromatic rings. The second-order valence-electron chi connectivity index (χ2n) is 8.42. The van der Waals surface area contributed by atoms with Crippen LogP contribution in [0.3, 0.4) is 0 Å². The van der Waals surface area contributed by atoms with Crippen molar-refractivity contribution in [1.29, 1.82) is 0 Å². The predicted molar refractivity (Wildman–Crippen MR) is 131 cm³/mol. The zero-order valence-corrected chi connectivity index (χ0v) is 19.6. The molecule has 5 nitrogen and oxygen atoms in total. The number of oxime groups is 1. The summed E-state index contributed by atoms with van der Waals surface area (Å²) in [6, 6.07) is 24.0. The van der Waals surface area contributed by atoms with Gasteiger partial charge in [0, 0.05) is 36.6 Å². The molecule has 3 aromatic carbocycles. The normalized spacial score (nSPS) is 16.4. The molecule has 1 aliphatic heterocycles. The van der Waals surface area contributed by atoms with Crippen LogP contribution >= 0.6 is 11.6 Å². The molecular weight excluding hydrogens is 455 g/mol. The summed E-state index contributed by atoms with van der Waals surface area (Å²) in [6.07, 6.45) is -0.306. The first-order valence-electron chi connectivity index (χ1n) is 11.3.